The fourth-order valence-electron chi connectivity index (χ4n) is 5.73. The van der Waals surface area contributed by atoms with Gasteiger partial charge >= 0.3 is 0 Å². The first-order chi connectivity index (χ1) is 17.8. The van der Waals surface area contributed by atoms with Gasteiger partial charge in [0.05, 0.1) is 11.0 Å². The highest BCUT2D eigenvalue weighted by Gasteiger charge is 2.18. The van der Waals surface area contributed by atoms with Crippen molar-refractivity contribution in [2.24, 2.45) is 0 Å². The van der Waals surface area contributed by atoms with Crippen LogP contribution >= 0.6 is 11.3 Å². The number of aromatic nitrogens is 1. The zero-order valence-corrected chi connectivity index (χ0v) is 20.3. The normalized spacial score (nSPS) is 11.9. The smallest absolute Gasteiger partial charge is 0.0548 e. The van der Waals surface area contributed by atoms with Crippen molar-refractivity contribution in [2.75, 3.05) is 0 Å². The molecule has 0 spiro atoms. The maximum absolute atomic E-state index is 2.42. The molecule has 0 saturated carbocycles. The van der Waals surface area contributed by atoms with Gasteiger partial charge in [-0.15, -0.1) is 11.3 Å². The van der Waals surface area contributed by atoms with Crippen LogP contribution in [0, 0.1) is 0 Å². The van der Waals surface area contributed by atoms with Crippen LogP contribution in [0.15, 0.2) is 127 Å². The Bertz CT molecular complexity index is 2090. The van der Waals surface area contributed by atoms with Crippen molar-refractivity contribution < 1.29 is 0 Å². The van der Waals surface area contributed by atoms with Crippen LogP contribution < -0.4 is 0 Å². The summed E-state index contributed by atoms with van der Waals surface area (Å²) in [5.74, 6) is 0. The first-order valence-electron chi connectivity index (χ1n) is 12.3. The number of hydrogen-bond donors (Lipinski definition) is 0. The zero-order valence-electron chi connectivity index (χ0n) is 19.5. The molecule has 36 heavy (non-hydrogen) atoms. The lowest BCUT2D eigenvalue weighted by molar-refractivity contribution is 1.18. The van der Waals surface area contributed by atoms with Gasteiger partial charge in [0.25, 0.3) is 0 Å². The van der Waals surface area contributed by atoms with Gasteiger partial charge in [0.1, 0.15) is 0 Å². The van der Waals surface area contributed by atoms with Crippen molar-refractivity contribution in [1.82, 2.24) is 4.57 Å². The molecule has 8 aromatic rings. The van der Waals surface area contributed by atoms with E-state index in [1.165, 1.54) is 69.6 Å². The van der Waals surface area contributed by atoms with Gasteiger partial charge in [0.2, 0.25) is 0 Å². The number of benzene rings is 6. The summed E-state index contributed by atoms with van der Waals surface area (Å²) in [5.41, 5.74) is 6.18. The highest BCUT2D eigenvalue weighted by molar-refractivity contribution is 7.26. The van der Waals surface area contributed by atoms with Crippen LogP contribution in [0.2, 0.25) is 0 Å². The van der Waals surface area contributed by atoms with E-state index in [0.717, 1.165) is 0 Å². The van der Waals surface area contributed by atoms with Crippen molar-refractivity contribution in [3.63, 3.8) is 0 Å². The number of hydrogen-bond acceptors (Lipinski definition) is 1. The lowest BCUT2D eigenvalue weighted by Crippen LogP contribution is -1.92. The first kappa shape index (κ1) is 19.9. The van der Waals surface area contributed by atoms with Gasteiger partial charge < -0.3 is 4.57 Å². The van der Waals surface area contributed by atoms with Gasteiger partial charge in [0.15, 0.2) is 0 Å². The third kappa shape index (κ3) is 2.82. The highest BCUT2D eigenvalue weighted by Crippen LogP contribution is 2.44. The lowest BCUT2D eigenvalue weighted by Gasteiger charge is -2.08. The molecule has 1 nitrogen and oxygen atoms in total. The topological polar surface area (TPSA) is 4.93 Å². The van der Waals surface area contributed by atoms with Crippen molar-refractivity contribution in [3.05, 3.63) is 127 Å². The molecule has 0 aliphatic rings. The fourth-order valence-corrected chi connectivity index (χ4v) is 6.84. The second-order valence-corrected chi connectivity index (χ2v) is 10.5. The lowest BCUT2D eigenvalue weighted by atomic mass is 9.98. The van der Waals surface area contributed by atoms with Gasteiger partial charge in [-0.25, -0.2) is 0 Å². The molecule has 0 N–H and O–H groups in total. The summed E-state index contributed by atoms with van der Waals surface area (Å²) in [7, 11) is 0. The third-order valence-electron chi connectivity index (χ3n) is 7.37. The molecule has 0 radical (unpaired) electrons. The molecule has 0 fully saturated rings. The van der Waals surface area contributed by atoms with Crippen molar-refractivity contribution >= 4 is 64.1 Å². The summed E-state index contributed by atoms with van der Waals surface area (Å²) >= 11 is 1.88. The van der Waals surface area contributed by atoms with E-state index in [4.69, 9.17) is 0 Å². The Kier molecular flexibility index (Phi) is 4.16. The van der Waals surface area contributed by atoms with Crippen molar-refractivity contribution in [2.45, 2.75) is 0 Å². The standard InChI is InChI=1S/C34H21NS/c1-2-10-26(11-3-1)35-29-17-16-25(24-15-14-22-8-4-5-9-23(22)20-24)21-28(29)33-30(35)18-19-32-34(33)27-12-6-7-13-31(27)36-32/h1-21H. The Morgan fingerprint density at radius 2 is 1.17 bits per heavy atom. The molecule has 0 unspecified atom stereocenters. The predicted molar refractivity (Wildman–Crippen MR) is 157 cm³/mol. The van der Waals surface area contributed by atoms with Gasteiger partial charge in [-0.1, -0.05) is 78.9 Å². The molecule has 8 rings (SSSR count). The maximum Gasteiger partial charge on any atom is 0.0548 e. The van der Waals surface area contributed by atoms with Crippen LogP contribution in [0.4, 0.5) is 0 Å². The molecule has 2 aromatic heterocycles. The van der Waals surface area contributed by atoms with E-state index in [9.17, 15) is 0 Å². The quantitative estimate of drug-likeness (QED) is 0.234. The minimum absolute atomic E-state index is 1.19. The van der Waals surface area contributed by atoms with E-state index in [1.54, 1.807) is 0 Å². The number of rotatable bonds is 2. The Hall–Kier alpha value is -4.40. The summed E-state index contributed by atoms with van der Waals surface area (Å²) in [6.07, 6.45) is 0. The molecule has 0 aliphatic heterocycles. The van der Waals surface area contributed by atoms with Crippen LogP contribution in [0.5, 0.6) is 0 Å². The van der Waals surface area contributed by atoms with Crippen molar-refractivity contribution in [1.29, 1.82) is 0 Å². The van der Waals surface area contributed by atoms with Crippen molar-refractivity contribution in [3.8, 4) is 16.8 Å². The average Bonchev–Trinajstić information content (AvgIpc) is 3.48. The average molecular weight is 476 g/mol. The second-order valence-electron chi connectivity index (χ2n) is 9.40. The van der Waals surface area contributed by atoms with Crippen LogP contribution in [-0.2, 0) is 0 Å². The summed E-state index contributed by atoms with van der Waals surface area (Å²) in [4.78, 5) is 0. The summed E-state index contributed by atoms with van der Waals surface area (Å²) < 4.78 is 5.10. The first-order valence-corrected chi connectivity index (χ1v) is 13.1. The van der Waals surface area contributed by atoms with E-state index >= 15 is 0 Å². The zero-order chi connectivity index (χ0) is 23.6. The molecule has 0 aliphatic carbocycles. The molecular weight excluding hydrogens is 454 g/mol. The van der Waals surface area contributed by atoms with Gasteiger partial charge in [0, 0.05) is 36.6 Å². The molecule has 0 amide bonds. The van der Waals surface area contributed by atoms with Gasteiger partial charge in [-0.2, -0.15) is 0 Å². The predicted octanol–water partition coefficient (Wildman–Crippen LogP) is 9.97. The molecular formula is C34H21NS. The van der Waals surface area contributed by atoms with Crippen LogP contribution in [0.1, 0.15) is 0 Å². The second kappa shape index (κ2) is 7.55. The number of nitrogens with zero attached hydrogens (tertiary/aromatic N) is 1. The minimum Gasteiger partial charge on any atom is -0.309 e. The molecule has 0 bridgehead atoms. The van der Waals surface area contributed by atoms with Gasteiger partial charge in [-0.05, 0) is 70.4 Å². The van der Waals surface area contributed by atoms with Crippen LogP contribution in [0.25, 0.3) is 69.6 Å². The SMILES string of the molecule is c1ccc(-n2c3ccc(-c4ccc5ccccc5c4)cc3c3c4c(ccc32)sc2ccccc24)cc1. The highest BCUT2D eigenvalue weighted by atomic mass is 32.1. The van der Waals surface area contributed by atoms with E-state index in [-0.39, 0.29) is 0 Å². The number of thiophene rings is 1. The number of fused-ring (bicyclic) bond motifs is 8. The largest absolute Gasteiger partial charge is 0.309 e. The van der Waals surface area contributed by atoms with Crippen LogP contribution in [0.3, 0.4) is 0 Å². The Balaban J connectivity index is 1.52. The van der Waals surface area contributed by atoms with E-state index in [0.29, 0.717) is 0 Å². The van der Waals surface area contributed by atoms with Crippen LogP contribution in [-0.4, -0.2) is 4.57 Å². The Labute approximate surface area is 212 Å². The molecule has 168 valence electrons. The Morgan fingerprint density at radius 3 is 2.08 bits per heavy atom. The maximum atomic E-state index is 2.42. The molecule has 0 saturated heterocycles. The Morgan fingerprint density at radius 1 is 0.444 bits per heavy atom. The third-order valence-corrected chi connectivity index (χ3v) is 8.50. The molecule has 0 atom stereocenters. The number of para-hydroxylation sites is 1. The minimum atomic E-state index is 1.19. The fraction of sp³-hybridized carbons (Fsp3) is 0. The summed E-state index contributed by atoms with van der Waals surface area (Å²) in [6, 6.07) is 46.5. The molecule has 2 heteroatoms. The monoisotopic (exact) mass is 475 g/mol. The molecule has 2 heterocycles. The van der Waals surface area contributed by atoms with E-state index < -0.39 is 0 Å². The van der Waals surface area contributed by atoms with E-state index in [1.807, 2.05) is 11.3 Å². The molecule has 6 aromatic carbocycles. The van der Waals surface area contributed by atoms with Gasteiger partial charge in [-0.3, -0.25) is 0 Å². The summed E-state index contributed by atoms with van der Waals surface area (Å²) in [5, 5.41) is 7.89. The van der Waals surface area contributed by atoms with E-state index in [2.05, 4.69) is 132 Å². The summed E-state index contributed by atoms with van der Waals surface area (Å²) in [6.45, 7) is 0.